The van der Waals surface area contributed by atoms with E-state index in [0.29, 0.717) is 19.6 Å². The number of nitrogens with one attached hydrogen (secondary N) is 2. The maximum absolute atomic E-state index is 12.6. The molecule has 0 aliphatic rings. The Kier molecular flexibility index (Phi) is 6.71. The van der Waals surface area contributed by atoms with Crippen molar-refractivity contribution in [2.24, 2.45) is 0 Å². The van der Waals surface area contributed by atoms with Gasteiger partial charge in [-0.3, -0.25) is 4.79 Å². The van der Waals surface area contributed by atoms with Crippen LogP contribution in [-0.4, -0.2) is 38.3 Å². The Labute approximate surface area is 166 Å². The monoisotopic (exact) mass is 380 g/mol. The van der Waals surface area contributed by atoms with Gasteiger partial charge in [-0.15, -0.1) is 0 Å². The third kappa shape index (κ3) is 4.37. The van der Waals surface area contributed by atoms with E-state index in [4.69, 9.17) is 9.47 Å². The van der Waals surface area contributed by atoms with Crippen LogP contribution in [0.4, 0.5) is 0 Å². The minimum atomic E-state index is -0.0708. The number of hydrogen-bond donors (Lipinski definition) is 2. The average molecular weight is 380 g/mol. The van der Waals surface area contributed by atoms with Crippen LogP contribution in [0, 0.1) is 0 Å². The zero-order chi connectivity index (χ0) is 19.9. The molecule has 1 aromatic heterocycles. The van der Waals surface area contributed by atoms with E-state index < -0.39 is 0 Å². The Hall–Kier alpha value is -2.79. The predicted molar refractivity (Wildman–Crippen MR) is 112 cm³/mol. The van der Waals surface area contributed by atoms with E-state index in [0.717, 1.165) is 34.2 Å². The molecule has 28 heavy (non-hydrogen) atoms. The second-order valence-electron chi connectivity index (χ2n) is 6.81. The summed E-state index contributed by atoms with van der Waals surface area (Å²) in [7, 11) is 3.28. The van der Waals surface area contributed by atoms with Gasteiger partial charge in [0.1, 0.15) is 5.75 Å². The fourth-order valence-electron chi connectivity index (χ4n) is 3.64. The first-order chi connectivity index (χ1) is 13.7. The number of rotatable bonds is 9. The van der Waals surface area contributed by atoms with Crippen molar-refractivity contribution in [3.63, 3.8) is 0 Å². The van der Waals surface area contributed by atoms with Crippen molar-refractivity contribution in [2.45, 2.75) is 25.7 Å². The van der Waals surface area contributed by atoms with Gasteiger partial charge in [-0.05, 0) is 35.2 Å². The number of aryl methyl sites for hydroxylation is 1. The van der Waals surface area contributed by atoms with Gasteiger partial charge >= 0.3 is 0 Å². The van der Waals surface area contributed by atoms with Gasteiger partial charge in [0.2, 0.25) is 5.91 Å². The van der Waals surface area contributed by atoms with E-state index in [1.807, 2.05) is 24.4 Å². The summed E-state index contributed by atoms with van der Waals surface area (Å²) < 4.78 is 10.4. The molecule has 0 saturated heterocycles. The van der Waals surface area contributed by atoms with Crippen molar-refractivity contribution in [3.05, 3.63) is 65.4 Å². The van der Waals surface area contributed by atoms with Crippen LogP contribution in [0.15, 0.2) is 48.7 Å². The smallest absolute Gasteiger partial charge is 0.221 e. The first-order valence-corrected chi connectivity index (χ1v) is 9.66. The highest BCUT2D eigenvalue weighted by molar-refractivity contribution is 5.88. The second-order valence-corrected chi connectivity index (χ2v) is 6.81. The molecule has 0 aliphatic carbocycles. The molecule has 0 fully saturated rings. The molecule has 148 valence electrons. The van der Waals surface area contributed by atoms with Crippen LogP contribution in [0.2, 0.25) is 0 Å². The molecule has 5 nitrogen and oxygen atoms in total. The topological polar surface area (TPSA) is 63.4 Å². The molecule has 3 aromatic rings. The lowest BCUT2D eigenvalue weighted by Crippen LogP contribution is -2.28. The number of carbonyl (C=O) groups excluding carboxylic acids is 1. The third-order valence-corrected chi connectivity index (χ3v) is 5.10. The summed E-state index contributed by atoms with van der Waals surface area (Å²) in [5.41, 5.74) is 4.61. The Morgan fingerprint density at radius 2 is 2.00 bits per heavy atom. The molecule has 0 saturated carbocycles. The number of carbonyl (C=O) groups is 1. The quantitative estimate of drug-likeness (QED) is 0.551. The van der Waals surface area contributed by atoms with E-state index in [1.165, 1.54) is 5.56 Å². The van der Waals surface area contributed by atoms with Gasteiger partial charge < -0.3 is 19.8 Å². The van der Waals surface area contributed by atoms with Crippen LogP contribution in [-0.2, 0) is 16.0 Å². The van der Waals surface area contributed by atoms with Crippen molar-refractivity contribution in [1.82, 2.24) is 10.3 Å². The van der Waals surface area contributed by atoms with Gasteiger partial charge in [0.05, 0.1) is 13.7 Å². The number of ether oxygens (including phenoxy) is 2. The average Bonchev–Trinajstić information content (AvgIpc) is 3.16. The molecule has 1 amide bonds. The number of fused-ring (bicyclic) bond motifs is 1. The minimum Gasteiger partial charge on any atom is -0.497 e. The second kappa shape index (κ2) is 9.42. The number of para-hydroxylation sites is 1. The summed E-state index contributed by atoms with van der Waals surface area (Å²) in [6.07, 6.45) is 3.36. The van der Waals surface area contributed by atoms with Crippen LogP contribution in [0.1, 0.15) is 36.0 Å². The van der Waals surface area contributed by atoms with E-state index in [2.05, 4.69) is 41.5 Å². The highest BCUT2D eigenvalue weighted by Gasteiger charge is 2.22. The molecule has 0 aliphatic heterocycles. The normalized spacial score (nSPS) is 12.1. The molecule has 0 unspecified atom stereocenters. The van der Waals surface area contributed by atoms with Crippen molar-refractivity contribution in [2.75, 3.05) is 27.4 Å². The lowest BCUT2D eigenvalue weighted by atomic mass is 9.87. The summed E-state index contributed by atoms with van der Waals surface area (Å²) in [6, 6.07) is 14.3. The largest absolute Gasteiger partial charge is 0.497 e. The van der Waals surface area contributed by atoms with Gasteiger partial charge in [0.25, 0.3) is 0 Å². The number of benzene rings is 2. The van der Waals surface area contributed by atoms with Crippen molar-refractivity contribution in [3.8, 4) is 5.75 Å². The molecule has 2 N–H and O–H groups in total. The first-order valence-electron chi connectivity index (χ1n) is 9.66. The summed E-state index contributed by atoms with van der Waals surface area (Å²) >= 11 is 0. The standard InChI is InChI=1S/C23H28N2O3/c1-4-16-7-6-10-19-21(15-25-23(16)19)20(14-22(26)24-11-12-27-2)17-8-5-9-18(13-17)28-3/h5-10,13,15,20,25H,4,11-12,14H2,1-3H3,(H,24,26)/t20-/m0/s1. The predicted octanol–water partition coefficient (Wildman–Crippen LogP) is 4.02. The van der Waals surface area contributed by atoms with Gasteiger partial charge in [0, 0.05) is 43.1 Å². The molecule has 2 aromatic carbocycles. The molecular formula is C23H28N2O3. The SMILES string of the molecule is CCc1cccc2c([C@@H](CC(=O)NCCOC)c3cccc(OC)c3)c[nH]c12. The van der Waals surface area contributed by atoms with Crippen LogP contribution in [0.25, 0.3) is 10.9 Å². The molecular weight excluding hydrogens is 352 g/mol. The molecule has 1 heterocycles. The lowest BCUT2D eigenvalue weighted by Gasteiger charge is -2.18. The van der Waals surface area contributed by atoms with Gasteiger partial charge in [-0.25, -0.2) is 0 Å². The third-order valence-electron chi connectivity index (χ3n) is 5.10. The molecule has 5 heteroatoms. The summed E-state index contributed by atoms with van der Waals surface area (Å²) in [6.45, 7) is 3.16. The zero-order valence-corrected chi connectivity index (χ0v) is 16.7. The minimum absolute atomic E-state index is 0.00543. The van der Waals surface area contributed by atoms with Gasteiger partial charge in [-0.2, -0.15) is 0 Å². The molecule has 0 radical (unpaired) electrons. The van der Waals surface area contributed by atoms with Crippen molar-refractivity contribution < 1.29 is 14.3 Å². The first kappa shape index (κ1) is 20.0. The van der Waals surface area contributed by atoms with E-state index >= 15 is 0 Å². The number of aromatic amines is 1. The number of H-pyrrole nitrogens is 1. The van der Waals surface area contributed by atoms with E-state index in [-0.39, 0.29) is 11.8 Å². The fourth-order valence-corrected chi connectivity index (χ4v) is 3.64. The summed E-state index contributed by atoms with van der Waals surface area (Å²) in [4.78, 5) is 16.0. The highest BCUT2D eigenvalue weighted by atomic mass is 16.5. The lowest BCUT2D eigenvalue weighted by molar-refractivity contribution is -0.121. The van der Waals surface area contributed by atoms with Crippen LogP contribution >= 0.6 is 0 Å². The molecule has 0 bridgehead atoms. The van der Waals surface area contributed by atoms with Crippen LogP contribution in [0.3, 0.4) is 0 Å². The number of methoxy groups -OCH3 is 2. The highest BCUT2D eigenvalue weighted by Crippen LogP contribution is 2.35. The molecule has 1 atom stereocenters. The van der Waals surface area contributed by atoms with E-state index in [9.17, 15) is 4.79 Å². The Balaban J connectivity index is 2.00. The van der Waals surface area contributed by atoms with E-state index in [1.54, 1.807) is 14.2 Å². The maximum Gasteiger partial charge on any atom is 0.221 e. The Bertz CT molecular complexity index is 932. The van der Waals surface area contributed by atoms with Crippen LogP contribution in [0.5, 0.6) is 5.75 Å². The van der Waals surface area contributed by atoms with Gasteiger partial charge in [0.15, 0.2) is 0 Å². The molecule has 3 rings (SSSR count). The van der Waals surface area contributed by atoms with Gasteiger partial charge in [-0.1, -0.05) is 37.3 Å². The number of amides is 1. The maximum atomic E-state index is 12.6. The van der Waals surface area contributed by atoms with Crippen LogP contribution < -0.4 is 10.1 Å². The number of hydrogen-bond acceptors (Lipinski definition) is 3. The number of aromatic nitrogens is 1. The fraction of sp³-hybridized carbons (Fsp3) is 0.348. The zero-order valence-electron chi connectivity index (χ0n) is 16.7. The Morgan fingerprint density at radius 3 is 2.75 bits per heavy atom. The van der Waals surface area contributed by atoms with Crippen molar-refractivity contribution >= 4 is 16.8 Å². The summed E-state index contributed by atoms with van der Waals surface area (Å²) in [5.74, 6) is 0.723. The summed E-state index contributed by atoms with van der Waals surface area (Å²) in [5, 5.41) is 4.10. The van der Waals surface area contributed by atoms with Crippen molar-refractivity contribution in [1.29, 1.82) is 0 Å². The molecule has 0 spiro atoms. The Morgan fingerprint density at radius 1 is 1.18 bits per heavy atom.